The third-order valence-electron chi connectivity index (χ3n) is 5.18. The van der Waals surface area contributed by atoms with Gasteiger partial charge in [0.15, 0.2) is 0 Å². The molecule has 1 aromatic rings. The molecule has 0 aliphatic heterocycles. The summed E-state index contributed by atoms with van der Waals surface area (Å²) in [5.74, 6) is 1.31. The SMILES string of the molecule is CCN(CC)C(CNC(=O)C1CCCCC1)c1cccc(OC)c1. The van der Waals surface area contributed by atoms with E-state index in [4.69, 9.17) is 4.74 Å². The normalized spacial score (nSPS) is 16.8. The molecule has 1 unspecified atom stereocenters. The highest BCUT2D eigenvalue weighted by Gasteiger charge is 2.24. The lowest BCUT2D eigenvalue weighted by Crippen LogP contribution is -2.40. The van der Waals surface area contributed by atoms with Crippen molar-refractivity contribution in [2.45, 2.75) is 52.0 Å². The lowest BCUT2D eigenvalue weighted by atomic mass is 9.88. The summed E-state index contributed by atoms with van der Waals surface area (Å²) in [5, 5.41) is 3.22. The van der Waals surface area contributed by atoms with Crippen molar-refractivity contribution < 1.29 is 9.53 Å². The Balaban J connectivity index is 2.06. The number of amides is 1. The molecule has 134 valence electrons. The van der Waals surface area contributed by atoms with Crippen molar-refractivity contribution in [1.29, 1.82) is 0 Å². The second-order valence-corrected chi connectivity index (χ2v) is 6.59. The van der Waals surface area contributed by atoms with Gasteiger partial charge in [0, 0.05) is 12.5 Å². The fourth-order valence-corrected chi connectivity index (χ4v) is 3.68. The third-order valence-corrected chi connectivity index (χ3v) is 5.18. The number of likely N-dealkylation sites (N-methyl/N-ethyl adjacent to an activating group) is 1. The molecule has 24 heavy (non-hydrogen) atoms. The number of hydrogen-bond donors (Lipinski definition) is 1. The van der Waals surface area contributed by atoms with Crippen LogP contribution in [-0.2, 0) is 4.79 Å². The molecule has 1 saturated carbocycles. The van der Waals surface area contributed by atoms with Gasteiger partial charge >= 0.3 is 0 Å². The molecular weight excluding hydrogens is 300 g/mol. The van der Waals surface area contributed by atoms with E-state index in [0.29, 0.717) is 6.54 Å². The van der Waals surface area contributed by atoms with E-state index in [1.807, 2.05) is 12.1 Å². The number of carbonyl (C=O) groups is 1. The van der Waals surface area contributed by atoms with Crippen LogP contribution in [0.1, 0.15) is 57.6 Å². The van der Waals surface area contributed by atoms with Crippen LogP contribution in [0.25, 0.3) is 0 Å². The zero-order valence-electron chi connectivity index (χ0n) is 15.4. The van der Waals surface area contributed by atoms with E-state index in [-0.39, 0.29) is 17.9 Å². The van der Waals surface area contributed by atoms with Crippen LogP contribution in [0.5, 0.6) is 5.75 Å². The highest BCUT2D eigenvalue weighted by atomic mass is 16.5. The average molecular weight is 332 g/mol. The number of benzene rings is 1. The van der Waals surface area contributed by atoms with Gasteiger partial charge in [0.25, 0.3) is 0 Å². The summed E-state index contributed by atoms with van der Waals surface area (Å²) in [6.07, 6.45) is 5.73. The molecule has 1 atom stereocenters. The number of nitrogens with one attached hydrogen (secondary N) is 1. The van der Waals surface area contributed by atoms with E-state index in [0.717, 1.165) is 31.7 Å². The number of nitrogens with zero attached hydrogens (tertiary/aromatic N) is 1. The van der Waals surface area contributed by atoms with Gasteiger partial charge in [-0.25, -0.2) is 0 Å². The molecule has 1 fully saturated rings. The smallest absolute Gasteiger partial charge is 0.223 e. The summed E-state index contributed by atoms with van der Waals surface area (Å²) in [6.45, 7) is 6.90. The monoisotopic (exact) mass is 332 g/mol. The largest absolute Gasteiger partial charge is 0.497 e. The summed E-state index contributed by atoms with van der Waals surface area (Å²) in [4.78, 5) is 14.9. The quantitative estimate of drug-likeness (QED) is 0.788. The van der Waals surface area contributed by atoms with Gasteiger partial charge < -0.3 is 10.1 Å². The van der Waals surface area contributed by atoms with Crippen molar-refractivity contribution in [2.24, 2.45) is 5.92 Å². The first-order valence-electron chi connectivity index (χ1n) is 9.35. The number of carbonyl (C=O) groups excluding carboxylic acids is 1. The summed E-state index contributed by atoms with van der Waals surface area (Å²) < 4.78 is 5.37. The number of ether oxygens (including phenoxy) is 1. The van der Waals surface area contributed by atoms with Crippen LogP contribution in [-0.4, -0.2) is 37.6 Å². The van der Waals surface area contributed by atoms with E-state index >= 15 is 0 Å². The summed E-state index contributed by atoms with van der Waals surface area (Å²) >= 11 is 0. The molecule has 4 heteroatoms. The van der Waals surface area contributed by atoms with Gasteiger partial charge in [-0.05, 0) is 43.6 Å². The molecular formula is C20H32N2O2. The van der Waals surface area contributed by atoms with Gasteiger partial charge in [-0.2, -0.15) is 0 Å². The highest BCUT2D eigenvalue weighted by Crippen LogP contribution is 2.26. The summed E-state index contributed by atoms with van der Waals surface area (Å²) in [5.41, 5.74) is 1.20. The van der Waals surface area contributed by atoms with Gasteiger partial charge in [-0.1, -0.05) is 45.2 Å². The Kier molecular flexibility index (Phi) is 7.57. The molecule has 1 N–H and O–H groups in total. The zero-order chi connectivity index (χ0) is 17.4. The van der Waals surface area contributed by atoms with Crippen LogP contribution < -0.4 is 10.1 Å². The molecule has 4 nitrogen and oxygen atoms in total. The molecule has 1 amide bonds. The number of rotatable bonds is 8. The maximum atomic E-state index is 12.5. The molecule has 1 aliphatic carbocycles. The number of hydrogen-bond acceptors (Lipinski definition) is 3. The zero-order valence-corrected chi connectivity index (χ0v) is 15.4. The summed E-state index contributed by atoms with van der Waals surface area (Å²) in [6, 6.07) is 8.37. The molecule has 0 saturated heterocycles. The van der Waals surface area contributed by atoms with E-state index in [1.54, 1.807) is 7.11 Å². The predicted octanol–water partition coefficient (Wildman–Crippen LogP) is 3.77. The van der Waals surface area contributed by atoms with Gasteiger partial charge in [0.05, 0.1) is 13.2 Å². The lowest BCUT2D eigenvalue weighted by molar-refractivity contribution is -0.126. The average Bonchev–Trinajstić information content (AvgIpc) is 2.65. The van der Waals surface area contributed by atoms with Crippen LogP contribution in [0.15, 0.2) is 24.3 Å². The van der Waals surface area contributed by atoms with Gasteiger partial charge in [0.1, 0.15) is 5.75 Å². The van der Waals surface area contributed by atoms with Gasteiger partial charge in [-0.15, -0.1) is 0 Å². The van der Waals surface area contributed by atoms with E-state index in [2.05, 4.69) is 36.2 Å². The minimum Gasteiger partial charge on any atom is -0.497 e. The standard InChI is InChI=1S/C20H32N2O2/c1-4-22(5-2)19(17-12-9-13-18(14-17)24-3)15-21-20(23)16-10-7-6-8-11-16/h9,12-14,16,19H,4-8,10-11,15H2,1-3H3,(H,21,23). The first-order valence-corrected chi connectivity index (χ1v) is 9.35. The van der Waals surface area contributed by atoms with Crippen molar-refractivity contribution in [1.82, 2.24) is 10.2 Å². The molecule has 0 radical (unpaired) electrons. The van der Waals surface area contributed by atoms with Crippen LogP contribution in [0.4, 0.5) is 0 Å². The third kappa shape index (κ3) is 4.97. The molecule has 1 aromatic carbocycles. The highest BCUT2D eigenvalue weighted by molar-refractivity contribution is 5.78. The predicted molar refractivity (Wildman–Crippen MR) is 98.2 cm³/mol. The van der Waals surface area contributed by atoms with E-state index in [9.17, 15) is 4.79 Å². The van der Waals surface area contributed by atoms with Crippen LogP contribution >= 0.6 is 0 Å². The van der Waals surface area contributed by atoms with Crippen molar-refractivity contribution in [3.05, 3.63) is 29.8 Å². The Labute approximate surface area is 146 Å². The van der Waals surface area contributed by atoms with Crippen molar-refractivity contribution in [3.8, 4) is 5.75 Å². The Bertz CT molecular complexity index is 508. The molecule has 2 rings (SSSR count). The molecule has 0 heterocycles. The fraction of sp³-hybridized carbons (Fsp3) is 0.650. The van der Waals surface area contributed by atoms with Gasteiger partial charge in [-0.3, -0.25) is 9.69 Å². The molecule has 0 bridgehead atoms. The second kappa shape index (κ2) is 9.67. The fourth-order valence-electron chi connectivity index (χ4n) is 3.68. The van der Waals surface area contributed by atoms with E-state index < -0.39 is 0 Å². The van der Waals surface area contributed by atoms with Gasteiger partial charge in [0.2, 0.25) is 5.91 Å². The Hall–Kier alpha value is -1.55. The molecule has 0 aromatic heterocycles. The first-order chi connectivity index (χ1) is 11.7. The van der Waals surface area contributed by atoms with Crippen LogP contribution in [0.2, 0.25) is 0 Å². The molecule has 0 spiro atoms. The minimum absolute atomic E-state index is 0.183. The van der Waals surface area contributed by atoms with Crippen LogP contribution in [0, 0.1) is 5.92 Å². The first kappa shape index (κ1) is 18.8. The Morgan fingerprint density at radius 2 is 1.96 bits per heavy atom. The van der Waals surface area contributed by atoms with Crippen molar-refractivity contribution in [2.75, 3.05) is 26.7 Å². The Morgan fingerprint density at radius 1 is 1.25 bits per heavy atom. The van der Waals surface area contributed by atoms with Crippen molar-refractivity contribution in [3.63, 3.8) is 0 Å². The minimum atomic E-state index is 0.183. The Morgan fingerprint density at radius 3 is 2.58 bits per heavy atom. The number of methoxy groups -OCH3 is 1. The van der Waals surface area contributed by atoms with Crippen molar-refractivity contribution >= 4 is 5.91 Å². The maximum absolute atomic E-state index is 12.5. The topological polar surface area (TPSA) is 41.6 Å². The lowest BCUT2D eigenvalue weighted by Gasteiger charge is -2.31. The maximum Gasteiger partial charge on any atom is 0.223 e. The van der Waals surface area contributed by atoms with Crippen LogP contribution in [0.3, 0.4) is 0 Å². The van der Waals surface area contributed by atoms with E-state index in [1.165, 1.54) is 24.8 Å². The second-order valence-electron chi connectivity index (χ2n) is 6.59. The summed E-state index contributed by atoms with van der Waals surface area (Å²) in [7, 11) is 1.69. The molecule has 1 aliphatic rings.